The first-order chi connectivity index (χ1) is 11.4. The van der Waals surface area contributed by atoms with Crippen molar-refractivity contribution in [2.45, 2.75) is 65.2 Å². The lowest BCUT2D eigenvalue weighted by molar-refractivity contribution is -0.129. The molecule has 4 heteroatoms. The van der Waals surface area contributed by atoms with Gasteiger partial charge in [0.1, 0.15) is 5.75 Å². The third kappa shape index (κ3) is 6.03. The molecule has 2 N–H and O–H groups in total. The molecule has 0 aliphatic rings. The highest BCUT2D eigenvalue weighted by molar-refractivity contribution is 5.76. The maximum absolute atomic E-state index is 12.3. The number of aromatic hydroxyl groups is 1. The summed E-state index contributed by atoms with van der Waals surface area (Å²) < 4.78 is 0. The molecule has 0 heterocycles. The topological polar surface area (TPSA) is 52.6 Å². The van der Waals surface area contributed by atoms with E-state index in [0.717, 1.165) is 23.2 Å². The molecule has 0 bridgehead atoms. The molecule has 0 unspecified atom stereocenters. The number of amides is 1. The largest absolute Gasteiger partial charge is 0.507 e. The van der Waals surface area contributed by atoms with Gasteiger partial charge in [-0.1, -0.05) is 53.7 Å². The van der Waals surface area contributed by atoms with Gasteiger partial charge < -0.3 is 15.3 Å². The van der Waals surface area contributed by atoms with Crippen LogP contribution < -0.4 is 5.32 Å². The summed E-state index contributed by atoms with van der Waals surface area (Å²) in [5, 5.41) is 13.8. The lowest BCUT2D eigenvalue weighted by atomic mass is 9.78. The van der Waals surface area contributed by atoms with Crippen molar-refractivity contribution in [1.29, 1.82) is 0 Å². The summed E-state index contributed by atoms with van der Waals surface area (Å²) in [6.45, 7) is 14.1. The minimum atomic E-state index is -0.145. The maximum Gasteiger partial charge on any atom is 0.222 e. The number of nitrogens with one attached hydrogen (secondary N) is 1. The van der Waals surface area contributed by atoms with Crippen LogP contribution in [0.4, 0.5) is 0 Å². The van der Waals surface area contributed by atoms with E-state index in [-0.39, 0.29) is 16.7 Å². The number of rotatable bonds is 6. The van der Waals surface area contributed by atoms with Crippen LogP contribution in [-0.4, -0.2) is 43.1 Å². The van der Waals surface area contributed by atoms with Crippen molar-refractivity contribution in [2.75, 3.05) is 27.2 Å². The molecular weight excluding hydrogens is 312 g/mol. The highest BCUT2D eigenvalue weighted by Crippen LogP contribution is 2.39. The first-order valence-corrected chi connectivity index (χ1v) is 9.13. The van der Waals surface area contributed by atoms with E-state index in [1.807, 2.05) is 14.1 Å². The molecule has 0 saturated heterocycles. The van der Waals surface area contributed by atoms with Gasteiger partial charge in [-0.2, -0.15) is 0 Å². The molecule has 1 aromatic rings. The first kappa shape index (κ1) is 21.5. The van der Waals surface area contributed by atoms with Gasteiger partial charge in [-0.25, -0.2) is 0 Å². The molecule has 0 aliphatic heterocycles. The number of nitrogens with zero attached hydrogens (tertiary/aromatic N) is 1. The lowest BCUT2D eigenvalue weighted by Gasteiger charge is -2.28. The monoisotopic (exact) mass is 348 g/mol. The fourth-order valence-corrected chi connectivity index (χ4v) is 2.83. The van der Waals surface area contributed by atoms with Crippen LogP contribution in [0.3, 0.4) is 0 Å². The van der Waals surface area contributed by atoms with E-state index in [4.69, 9.17) is 0 Å². The molecule has 1 amide bonds. The number of hydrogen-bond donors (Lipinski definition) is 2. The molecule has 1 rings (SSSR count). The Kier molecular flexibility index (Phi) is 7.07. The highest BCUT2D eigenvalue weighted by atomic mass is 16.3. The predicted molar refractivity (Wildman–Crippen MR) is 105 cm³/mol. The van der Waals surface area contributed by atoms with Gasteiger partial charge in [-0.3, -0.25) is 4.79 Å². The minimum absolute atomic E-state index is 0.145. The normalized spacial score (nSPS) is 12.3. The number of likely N-dealkylation sites (N-methyl/N-ethyl adjacent to an activating group) is 2. The maximum atomic E-state index is 12.3. The second kappa shape index (κ2) is 8.22. The van der Waals surface area contributed by atoms with Crippen LogP contribution in [0.1, 0.15) is 64.7 Å². The van der Waals surface area contributed by atoms with Gasteiger partial charge in [0.2, 0.25) is 5.91 Å². The highest BCUT2D eigenvalue weighted by Gasteiger charge is 2.26. The average molecular weight is 349 g/mol. The zero-order chi connectivity index (χ0) is 19.4. The van der Waals surface area contributed by atoms with Crippen LogP contribution in [0.25, 0.3) is 0 Å². The summed E-state index contributed by atoms with van der Waals surface area (Å²) in [7, 11) is 3.73. The van der Waals surface area contributed by atoms with E-state index >= 15 is 0 Å². The Hall–Kier alpha value is -1.55. The molecule has 4 nitrogen and oxygen atoms in total. The molecule has 0 radical (unpaired) electrons. The third-order valence-electron chi connectivity index (χ3n) is 4.54. The Labute approximate surface area is 153 Å². The van der Waals surface area contributed by atoms with Crippen molar-refractivity contribution in [1.82, 2.24) is 10.2 Å². The van der Waals surface area contributed by atoms with Crippen molar-refractivity contribution < 1.29 is 9.90 Å². The fraction of sp³-hybridized carbons (Fsp3) is 0.667. The van der Waals surface area contributed by atoms with Gasteiger partial charge in [0.05, 0.1) is 0 Å². The number of carbonyl (C=O) groups excluding carboxylic acids is 1. The molecule has 0 atom stereocenters. The van der Waals surface area contributed by atoms with Gasteiger partial charge >= 0.3 is 0 Å². The number of phenols is 1. The number of hydrogen-bond acceptors (Lipinski definition) is 3. The van der Waals surface area contributed by atoms with Crippen molar-refractivity contribution in [3.05, 3.63) is 28.8 Å². The minimum Gasteiger partial charge on any atom is -0.507 e. The van der Waals surface area contributed by atoms with E-state index in [1.54, 1.807) is 4.90 Å². The van der Waals surface area contributed by atoms with Crippen LogP contribution in [-0.2, 0) is 22.0 Å². The van der Waals surface area contributed by atoms with E-state index in [1.165, 1.54) is 0 Å². The van der Waals surface area contributed by atoms with Gasteiger partial charge in [-0.15, -0.1) is 0 Å². The van der Waals surface area contributed by atoms with E-state index in [9.17, 15) is 9.90 Å². The Bertz CT molecular complexity index is 560. The third-order valence-corrected chi connectivity index (χ3v) is 4.54. The van der Waals surface area contributed by atoms with E-state index in [2.05, 4.69) is 59.0 Å². The molecule has 0 fully saturated rings. The lowest BCUT2D eigenvalue weighted by Crippen LogP contribution is -2.32. The van der Waals surface area contributed by atoms with Gasteiger partial charge in [0.15, 0.2) is 0 Å². The van der Waals surface area contributed by atoms with E-state index in [0.29, 0.717) is 25.1 Å². The van der Waals surface area contributed by atoms with Crippen molar-refractivity contribution >= 4 is 5.91 Å². The molecule has 0 aromatic heterocycles. The zero-order valence-electron chi connectivity index (χ0n) is 17.3. The number of benzene rings is 1. The van der Waals surface area contributed by atoms with Crippen LogP contribution in [0, 0.1) is 0 Å². The van der Waals surface area contributed by atoms with Crippen molar-refractivity contribution in [3.63, 3.8) is 0 Å². The van der Waals surface area contributed by atoms with E-state index < -0.39 is 0 Å². The second-order valence-electron chi connectivity index (χ2n) is 8.96. The fourth-order valence-electron chi connectivity index (χ4n) is 2.83. The average Bonchev–Trinajstić information content (AvgIpc) is 2.48. The van der Waals surface area contributed by atoms with Gasteiger partial charge in [-0.05, 0) is 41.0 Å². The summed E-state index contributed by atoms with van der Waals surface area (Å²) in [5.74, 6) is 0.541. The van der Waals surface area contributed by atoms with Crippen LogP contribution >= 0.6 is 0 Å². The Morgan fingerprint density at radius 3 is 1.96 bits per heavy atom. The summed E-state index contributed by atoms with van der Waals surface area (Å²) in [6.07, 6.45) is 1.17. The molecule has 0 saturated carbocycles. The molecule has 25 heavy (non-hydrogen) atoms. The molecular formula is C21H36N2O2. The number of carbonyl (C=O) groups is 1. The van der Waals surface area contributed by atoms with Gasteiger partial charge in [0.25, 0.3) is 0 Å². The summed E-state index contributed by atoms with van der Waals surface area (Å²) >= 11 is 0. The molecule has 1 aromatic carbocycles. The number of aryl methyl sites for hydroxylation is 1. The van der Waals surface area contributed by atoms with Crippen molar-refractivity contribution in [2.24, 2.45) is 0 Å². The SMILES string of the molecule is CNCCN(C)C(=O)CCc1cc(C(C)(C)C)c(O)c(C(C)(C)C)c1. The second-order valence-corrected chi connectivity index (χ2v) is 8.96. The quantitative estimate of drug-likeness (QED) is 0.826. The summed E-state index contributed by atoms with van der Waals surface area (Å²) in [4.78, 5) is 14.1. The van der Waals surface area contributed by atoms with Crippen molar-refractivity contribution in [3.8, 4) is 5.75 Å². The predicted octanol–water partition coefficient (Wildman–Crippen LogP) is 3.60. The molecule has 0 aliphatic carbocycles. The Morgan fingerprint density at radius 2 is 1.56 bits per heavy atom. The number of phenolic OH excluding ortho intramolecular Hbond substituents is 1. The first-order valence-electron chi connectivity index (χ1n) is 9.13. The van der Waals surface area contributed by atoms with Gasteiger partial charge in [0, 0.05) is 26.6 Å². The Morgan fingerprint density at radius 1 is 1.08 bits per heavy atom. The standard InChI is InChI=1S/C21H36N2O2/c1-20(2,3)16-13-15(14-17(19(16)25)21(4,5)6)9-10-18(24)23(8)12-11-22-7/h13-14,22,25H,9-12H2,1-8H3. The molecule has 0 spiro atoms. The summed E-state index contributed by atoms with van der Waals surface area (Å²) in [6, 6.07) is 4.12. The van der Waals surface area contributed by atoms with Crippen LogP contribution in [0.5, 0.6) is 5.75 Å². The molecule has 142 valence electrons. The van der Waals surface area contributed by atoms with Crippen LogP contribution in [0.15, 0.2) is 12.1 Å². The smallest absolute Gasteiger partial charge is 0.222 e. The van der Waals surface area contributed by atoms with Crippen LogP contribution in [0.2, 0.25) is 0 Å². The Balaban J connectivity index is 3.06. The summed E-state index contributed by atoms with van der Waals surface area (Å²) in [5.41, 5.74) is 2.72. The zero-order valence-corrected chi connectivity index (χ0v) is 17.3.